The second kappa shape index (κ2) is 5.77. The van der Waals surface area contributed by atoms with Gasteiger partial charge in [0.2, 0.25) is 5.76 Å². The predicted molar refractivity (Wildman–Crippen MR) is 87.6 cm³/mol. The molecule has 2 heterocycles. The number of ether oxygens (including phenoxy) is 1. The van der Waals surface area contributed by atoms with Gasteiger partial charge in [0.25, 0.3) is 0 Å². The van der Waals surface area contributed by atoms with Gasteiger partial charge in [-0.05, 0) is 32.9 Å². The van der Waals surface area contributed by atoms with Crippen molar-refractivity contribution in [3.8, 4) is 17.1 Å². The third-order valence-corrected chi connectivity index (χ3v) is 4.98. The SMILES string of the molecule is CCOc1cccc2c1-c1oc(C(=O)O)c(C)c(=O)c1C(C)S2. The van der Waals surface area contributed by atoms with E-state index < -0.39 is 5.97 Å². The first-order valence-corrected chi connectivity index (χ1v) is 8.17. The number of aromatic carboxylic acids is 1. The normalized spacial score (nSPS) is 15.7. The second-order valence-electron chi connectivity index (χ2n) is 5.26. The number of carbonyl (C=O) groups is 1. The topological polar surface area (TPSA) is 76.7 Å². The molecule has 1 aliphatic heterocycles. The molecule has 0 fully saturated rings. The maximum atomic E-state index is 12.7. The van der Waals surface area contributed by atoms with Crippen LogP contribution in [-0.2, 0) is 0 Å². The summed E-state index contributed by atoms with van der Waals surface area (Å²) in [7, 11) is 0. The molecule has 0 bridgehead atoms. The monoisotopic (exact) mass is 332 g/mol. The molecule has 1 aromatic carbocycles. The van der Waals surface area contributed by atoms with Crippen LogP contribution >= 0.6 is 11.8 Å². The zero-order valence-corrected chi connectivity index (χ0v) is 13.8. The van der Waals surface area contributed by atoms with Crippen LogP contribution in [0.3, 0.4) is 0 Å². The van der Waals surface area contributed by atoms with Gasteiger partial charge in [0, 0.05) is 15.7 Å². The highest BCUT2D eigenvalue weighted by atomic mass is 32.2. The third-order valence-electron chi connectivity index (χ3n) is 3.79. The van der Waals surface area contributed by atoms with Crippen LogP contribution in [0.2, 0.25) is 0 Å². The number of hydrogen-bond donors (Lipinski definition) is 1. The molecule has 0 saturated heterocycles. The van der Waals surface area contributed by atoms with Gasteiger partial charge in [-0.1, -0.05) is 6.07 Å². The summed E-state index contributed by atoms with van der Waals surface area (Å²) in [6.45, 7) is 5.73. The van der Waals surface area contributed by atoms with Crippen molar-refractivity contribution >= 4 is 17.7 Å². The summed E-state index contributed by atoms with van der Waals surface area (Å²) in [5, 5.41) is 9.19. The fourth-order valence-electron chi connectivity index (χ4n) is 2.76. The van der Waals surface area contributed by atoms with Crippen molar-refractivity contribution in [2.24, 2.45) is 0 Å². The van der Waals surface area contributed by atoms with Gasteiger partial charge in [-0.3, -0.25) is 4.79 Å². The van der Waals surface area contributed by atoms with Crippen molar-refractivity contribution in [2.75, 3.05) is 6.61 Å². The Hall–Kier alpha value is -2.21. The molecule has 3 rings (SSSR count). The minimum atomic E-state index is -1.25. The molecule has 6 heteroatoms. The van der Waals surface area contributed by atoms with Crippen LogP contribution in [0.25, 0.3) is 11.3 Å². The van der Waals surface area contributed by atoms with Gasteiger partial charge in [-0.2, -0.15) is 0 Å². The number of fused-ring (bicyclic) bond motifs is 3. The van der Waals surface area contributed by atoms with Crippen LogP contribution in [0.1, 0.15) is 40.8 Å². The van der Waals surface area contributed by atoms with E-state index >= 15 is 0 Å². The minimum Gasteiger partial charge on any atom is -0.493 e. The van der Waals surface area contributed by atoms with Crippen molar-refractivity contribution in [1.29, 1.82) is 0 Å². The third kappa shape index (κ3) is 2.43. The highest BCUT2D eigenvalue weighted by Gasteiger charge is 2.32. The van der Waals surface area contributed by atoms with Gasteiger partial charge >= 0.3 is 5.97 Å². The van der Waals surface area contributed by atoms with Gasteiger partial charge in [-0.15, -0.1) is 11.8 Å². The first kappa shape index (κ1) is 15.7. The number of benzene rings is 1. The van der Waals surface area contributed by atoms with Crippen molar-refractivity contribution in [3.05, 3.63) is 45.3 Å². The molecule has 0 aliphatic carbocycles. The largest absolute Gasteiger partial charge is 0.493 e. The van der Waals surface area contributed by atoms with Crippen LogP contribution in [0, 0.1) is 6.92 Å². The smallest absolute Gasteiger partial charge is 0.372 e. The van der Waals surface area contributed by atoms with Crippen LogP contribution in [-0.4, -0.2) is 17.7 Å². The van der Waals surface area contributed by atoms with Crippen LogP contribution in [0.15, 0.2) is 32.3 Å². The van der Waals surface area contributed by atoms with E-state index in [1.807, 2.05) is 26.0 Å². The van der Waals surface area contributed by atoms with Crippen molar-refractivity contribution in [2.45, 2.75) is 30.9 Å². The molecule has 2 aromatic rings. The molecular formula is C17H16O5S. The molecule has 1 aliphatic rings. The molecule has 120 valence electrons. The fourth-order valence-corrected chi connectivity index (χ4v) is 3.94. The van der Waals surface area contributed by atoms with E-state index in [2.05, 4.69) is 0 Å². The Morgan fingerprint density at radius 3 is 2.83 bits per heavy atom. The lowest BCUT2D eigenvalue weighted by Crippen LogP contribution is -2.21. The highest BCUT2D eigenvalue weighted by molar-refractivity contribution is 7.99. The Bertz CT molecular complexity index is 839. The lowest BCUT2D eigenvalue weighted by molar-refractivity contribution is 0.0659. The maximum Gasteiger partial charge on any atom is 0.372 e. The predicted octanol–water partition coefficient (Wildman–Crippen LogP) is 3.88. The molecule has 0 spiro atoms. The summed E-state index contributed by atoms with van der Waals surface area (Å²) in [5.41, 5.74) is 1.01. The van der Waals surface area contributed by atoms with Crippen LogP contribution in [0.4, 0.5) is 0 Å². The Morgan fingerprint density at radius 2 is 2.17 bits per heavy atom. The highest BCUT2D eigenvalue weighted by Crippen LogP contribution is 2.51. The Morgan fingerprint density at radius 1 is 1.43 bits per heavy atom. The summed E-state index contributed by atoms with van der Waals surface area (Å²) in [4.78, 5) is 25.0. The van der Waals surface area contributed by atoms with Gasteiger partial charge in [0.05, 0.1) is 17.7 Å². The first-order valence-electron chi connectivity index (χ1n) is 7.29. The second-order valence-corrected chi connectivity index (χ2v) is 6.64. The van der Waals surface area contributed by atoms with E-state index in [1.54, 1.807) is 17.8 Å². The first-order chi connectivity index (χ1) is 11.0. The summed E-state index contributed by atoms with van der Waals surface area (Å²) < 4.78 is 11.3. The summed E-state index contributed by atoms with van der Waals surface area (Å²) in [6.07, 6.45) is 0. The summed E-state index contributed by atoms with van der Waals surface area (Å²) in [5.74, 6) is -0.661. The number of carboxylic acid groups (broad SMARTS) is 1. The zero-order chi connectivity index (χ0) is 16.7. The Balaban J connectivity index is 2.39. The standard InChI is InChI=1S/C17H16O5S/c1-4-21-10-6-5-7-11-13(10)16-12(9(3)23-11)14(18)8(2)15(22-16)17(19)20/h5-7,9H,4H2,1-3H3,(H,19,20). The van der Waals surface area contributed by atoms with Gasteiger partial charge < -0.3 is 14.3 Å². The molecule has 1 atom stereocenters. The Labute approximate surface area is 137 Å². The number of thioether (sulfide) groups is 1. The number of rotatable bonds is 3. The maximum absolute atomic E-state index is 12.7. The molecule has 0 saturated carbocycles. The van der Waals surface area contributed by atoms with E-state index in [-0.39, 0.29) is 22.0 Å². The molecule has 0 amide bonds. The summed E-state index contributed by atoms with van der Waals surface area (Å²) >= 11 is 1.54. The van der Waals surface area contributed by atoms with E-state index in [0.29, 0.717) is 29.2 Å². The van der Waals surface area contributed by atoms with E-state index in [4.69, 9.17) is 9.15 Å². The Kier molecular flexibility index (Phi) is 3.93. The van der Waals surface area contributed by atoms with Crippen molar-refractivity contribution in [1.82, 2.24) is 0 Å². The van der Waals surface area contributed by atoms with E-state index in [1.165, 1.54) is 6.92 Å². The molecule has 23 heavy (non-hydrogen) atoms. The summed E-state index contributed by atoms with van der Waals surface area (Å²) in [6, 6.07) is 5.59. The van der Waals surface area contributed by atoms with Crippen LogP contribution in [0.5, 0.6) is 5.75 Å². The van der Waals surface area contributed by atoms with Crippen molar-refractivity contribution < 1.29 is 19.1 Å². The quantitative estimate of drug-likeness (QED) is 0.919. The molecule has 1 aromatic heterocycles. The minimum absolute atomic E-state index is 0.118. The fraction of sp³-hybridized carbons (Fsp3) is 0.294. The van der Waals surface area contributed by atoms with E-state index in [9.17, 15) is 14.7 Å². The van der Waals surface area contributed by atoms with Crippen LogP contribution < -0.4 is 10.2 Å². The average molecular weight is 332 g/mol. The zero-order valence-electron chi connectivity index (χ0n) is 13.0. The molecule has 0 radical (unpaired) electrons. The lowest BCUT2D eigenvalue weighted by Gasteiger charge is -2.25. The molecule has 1 N–H and O–H groups in total. The number of carboxylic acids is 1. The van der Waals surface area contributed by atoms with E-state index in [0.717, 1.165) is 4.90 Å². The molecular weight excluding hydrogens is 316 g/mol. The van der Waals surface area contributed by atoms with Gasteiger partial charge in [0.15, 0.2) is 5.43 Å². The lowest BCUT2D eigenvalue weighted by atomic mass is 10.0. The van der Waals surface area contributed by atoms with Gasteiger partial charge in [-0.25, -0.2) is 4.79 Å². The molecule has 5 nitrogen and oxygen atoms in total. The number of hydrogen-bond acceptors (Lipinski definition) is 5. The van der Waals surface area contributed by atoms with Crippen molar-refractivity contribution in [3.63, 3.8) is 0 Å². The molecule has 1 unspecified atom stereocenters. The average Bonchev–Trinajstić information content (AvgIpc) is 2.50. The van der Waals surface area contributed by atoms with Gasteiger partial charge in [0.1, 0.15) is 11.5 Å².